The van der Waals surface area contributed by atoms with Gasteiger partial charge in [-0.3, -0.25) is 9.11 Å². The Labute approximate surface area is 356 Å². The van der Waals surface area contributed by atoms with Crippen LogP contribution in [0.2, 0.25) is 0 Å². The fraction of sp³-hybridized carbons (Fsp3) is 0.0500. The van der Waals surface area contributed by atoms with E-state index in [2.05, 4.69) is 63.7 Å². The number of carbonyl (C=O) groups is 1. The maximum Gasteiger partial charge on any atom is 1.00 e. The number of cyclic esters (lactones) is 1. The van der Waals surface area contributed by atoms with Gasteiger partial charge in [0, 0.05) is 34.6 Å². The molecule has 0 saturated carbocycles. The minimum Gasteiger partial charge on any atom is -1.00 e. The fourth-order valence-electron chi connectivity index (χ4n) is 3.85. The molecule has 0 aromatic heterocycles. The van der Waals surface area contributed by atoms with E-state index in [1.807, 2.05) is 0 Å². The molecule has 10 nitrogen and oxygen atoms in total. The molecular weight excluding hydrogens is 876 g/mol. The van der Waals surface area contributed by atoms with Gasteiger partial charge in [0.1, 0.15) is 21.3 Å². The van der Waals surface area contributed by atoms with Crippen molar-refractivity contribution in [1.29, 1.82) is 0 Å². The standard InChI is InChI=1S/C20H10Br4O10S2.4Na.4H/c21-15-13-14(16(22)18(24)17(15)23)20(34-19(13)27,7-1-3-9(25)11(5-7)35(28,29)30)8-2-4-10(26)12(6-8)36(31,32)33;;;;;;;;/h1-6,25-26H,(H,28,29,30)(H,31,32,33);;;;;;;;/q;4*+1;4*-1. The average Bonchev–Trinajstić information content (AvgIpc) is 3.09. The van der Waals surface area contributed by atoms with Crippen LogP contribution in [0.1, 0.15) is 32.8 Å². The van der Waals surface area contributed by atoms with Crippen LogP contribution < -0.4 is 118 Å². The van der Waals surface area contributed by atoms with E-state index in [0.29, 0.717) is 8.95 Å². The topological polar surface area (TPSA) is 176 Å². The maximum atomic E-state index is 13.2. The zero-order chi connectivity index (χ0) is 27.0. The Morgan fingerprint density at radius 2 is 1.05 bits per heavy atom. The van der Waals surface area contributed by atoms with Gasteiger partial charge >= 0.3 is 124 Å². The van der Waals surface area contributed by atoms with Crippen molar-refractivity contribution in [1.82, 2.24) is 0 Å². The summed E-state index contributed by atoms with van der Waals surface area (Å²) >= 11 is 13.4. The number of phenolic OH excluding ortho intramolecular Hbond substituents is 2. The van der Waals surface area contributed by atoms with Gasteiger partial charge in [0.15, 0.2) is 5.60 Å². The van der Waals surface area contributed by atoms with E-state index in [9.17, 15) is 40.9 Å². The molecule has 0 unspecified atom stereocenters. The van der Waals surface area contributed by atoms with Gasteiger partial charge in [0.25, 0.3) is 20.2 Å². The smallest absolute Gasteiger partial charge is 1.00 e. The van der Waals surface area contributed by atoms with Gasteiger partial charge in [-0.15, -0.1) is 0 Å². The SMILES string of the molecule is O=C1OC(c2ccc(O)c(S(=O)(=O)O)c2)(c2ccc(O)c(S(=O)(=O)O)c2)c2c(Br)c(Br)c(Br)c(Br)c21.[H-].[H-].[H-].[H-].[Na+].[Na+].[Na+].[Na+]. The largest absolute Gasteiger partial charge is 1.00 e. The molecule has 1 heterocycles. The fourth-order valence-corrected chi connectivity index (χ4v) is 7.62. The quantitative estimate of drug-likeness (QED) is 0.0649. The van der Waals surface area contributed by atoms with Crippen LogP contribution in [0.3, 0.4) is 0 Å². The molecule has 0 fully saturated rings. The molecule has 0 bridgehead atoms. The molecule has 0 radical (unpaired) electrons. The maximum absolute atomic E-state index is 13.2. The number of benzene rings is 3. The molecule has 0 amide bonds. The summed E-state index contributed by atoms with van der Waals surface area (Å²) in [7, 11) is -9.92. The third-order valence-corrected chi connectivity index (χ3v) is 11.9. The number of carbonyl (C=O) groups excluding carboxylic acids is 1. The zero-order valence-corrected chi connectivity index (χ0v) is 37.0. The molecule has 20 heteroatoms. The van der Waals surface area contributed by atoms with Crippen molar-refractivity contribution in [3.63, 3.8) is 0 Å². The van der Waals surface area contributed by atoms with Crippen LogP contribution in [-0.4, -0.2) is 42.1 Å². The summed E-state index contributed by atoms with van der Waals surface area (Å²) in [5.41, 5.74) is -2.31. The molecule has 0 spiro atoms. The number of phenols is 2. The number of fused-ring (bicyclic) bond motifs is 1. The van der Waals surface area contributed by atoms with Gasteiger partial charge in [-0.2, -0.15) is 16.8 Å². The second-order valence-electron chi connectivity index (χ2n) is 7.39. The zero-order valence-electron chi connectivity index (χ0n) is 25.0. The first-order valence-corrected chi connectivity index (χ1v) is 15.3. The van der Waals surface area contributed by atoms with Crippen LogP contribution in [-0.2, 0) is 30.6 Å². The predicted octanol–water partition coefficient (Wildman–Crippen LogP) is -6.43. The van der Waals surface area contributed by atoms with Crippen molar-refractivity contribution in [3.05, 3.63) is 76.5 Å². The van der Waals surface area contributed by atoms with Crippen LogP contribution in [0.15, 0.2) is 64.1 Å². The molecule has 40 heavy (non-hydrogen) atoms. The van der Waals surface area contributed by atoms with Gasteiger partial charge in [-0.1, -0.05) is 12.1 Å². The Morgan fingerprint density at radius 1 is 0.675 bits per heavy atom. The van der Waals surface area contributed by atoms with Crippen molar-refractivity contribution < 1.29 is 170 Å². The molecule has 3 aromatic carbocycles. The van der Waals surface area contributed by atoms with Gasteiger partial charge in [-0.25, -0.2) is 4.79 Å². The Bertz CT molecular complexity index is 1660. The molecule has 0 atom stereocenters. The van der Waals surface area contributed by atoms with E-state index < -0.39 is 53.1 Å². The number of hydrogen-bond acceptors (Lipinski definition) is 8. The van der Waals surface area contributed by atoms with Crippen LogP contribution >= 0.6 is 63.7 Å². The average molecular weight is 890 g/mol. The Kier molecular flexibility index (Phi) is 16.3. The monoisotopic (exact) mass is 886 g/mol. The number of rotatable bonds is 4. The molecule has 0 aliphatic carbocycles. The second-order valence-corrected chi connectivity index (χ2v) is 13.3. The first-order chi connectivity index (χ1) is 16.5. The number of hydrogen-bond donors (Lipinski definition) is 4. The van der Waals surface area contributed by atoms with Gasteiger partial charge < -0.3 is 20.7 Å². The molecule has 4 rings (SSSR count). The summed E-state index contributed by atoms with van der Waals surface area (Å²) < 4.78 is 74.1. The second kappa shape index (κ2) is 15.4. The molecule has 198 valence electrons. The van der Waals surface area contributed by atoms with Gasteiger partial charge in [-0.05, 0) is 88.0 Å². The Balaban J connectivity index is -0.000000634. The number of halogens is 4. The van der Waals surface area contributed by atoms with Crippen LogP contribution in [0.25, 0.3) is 0 Å². The summed E-state index contributed by atoms with van der Waals surface area (Å²) in [5, 5.41) is 20.1. The summed E-state index contributed by atoms with van der Waals surface area (Å²) in [6.45, 7) is 0. The Hall–Kier alpha value is 2.47. The third-order valence-electron chi connectivity index (χ3n) is 5.36. The molecule has 1 aliphatic heterocycles. The normalized spacial score (nSPS) is 13.5. The van der Waals surface area contributed by atoms with Crippen molar-refractivity contribution in [2.45, 2.75) is 15.4 Å². The summed E-state index contributed by atoms with van der Waals surface area (Å²) in [4.78, 5) is 11.4. The molecule has 3 aromatic rings. The van der Waals surface area contributed by atoms with E-state index in [4.69, 9.17) is 4.74 Å². The van der Waals surface area contributed by atoms with E-state index in [0.717, 1.165) is 24.3 Å². The van der Waals surface area contributed by atoms with Crippen molar-refractivity contribution in [3.8, 4) is 11.5 Å². The van der Waals surface area contributed by atoms with Gasteiger partial charge in [0.05, 0.1) is 5.56 Å². The van der Waals surface area contributed by atoms with Crippen molar-refractivity contribution in [2.75, 3.05) is 0 Å². The number of esters is 1. The minimum atomic E-state index is -4.96. The van der Waals surface area contributed by atoms with Gasteiger partial charge in [0.2, 0.25) is 0 Å². The molecule has 0 saturated heterocycles. The minimum absolute atomic E-state index is 0. The number of aromatic hydroxyl groups is 2. The summed E-state index contributed by atoms with van der Waals surface area (Å²) in [6, 6.07) is 5.97. The molecular formula is C20H14Br4Na4O10S2. The Morgan fingerprint density at radius 3 is 1.43 bits per heavy atom. The van der Waals surface area contributed by atoms with Crippen molar-refractivity contribution >= 4 is 89.9 Å². The summed E-state index contributed by atoms with van der Waals surface area (Å²) in [6.07, 6.45) is 0. The first kappa shape index (κ1) is 42.5. The van der Waals surface area contributed by atoms with Crippen LogP contribution in [0.4, 0.5) is 0 Å². The van der Waals surface area contributed by atoms with Crippen LogP contribution in [0, 0.1) is 0 Å². The van der Waals surface area contributed by atoms with Crippen molar-refractivity contribution in [2.24, 2.45) is 0 Å². The van der Waals surface area contributed by atoms with E-state index in [1.54, 1.807) is 0 Å². The number of ether oxygens (including phenoxy) is 1. The first-order valence-electron chi connectivity index (χ1n) is 9.23. The molecule has 1 aliphatic rings. The van der Waals surface area contributed by atoms with E-state index in [-0.39, 0.29) is 155 Å². The predicted molar refractivity (Wildman–Crippen MR) is 143 cm³/mol. The summed E-state index contributed by atoms with van der Waals surface area (Å²) in [5.74, 6) is -2.52. The third kappa shape index (κ3) is 7.54. The molecule has 4 N–H and O–H groups in total. The van der Waals surface area contributed by atoms with E-state index in [1.165, 1.54) is 12.1 Å². The van der Waals surface area contributed by atoms with E-state index >= 15 is 0 Å². The van der Waals surface area contributed by atoms with Crippen LogP contribution in [0.5, 0.6) is 11.5 Å².